The minimum atomic E-state index is -0.936. The molecule has 0 saturated heterocycles. The maximum atomic E-state index is 11.1. The summed E-state index contributed by atoms with van der Waals surface area (Å²) in [4.78, 5) is 15.5. The van der Waals surface area contributed by atoms with Gasteiger partial charge in [-0.05, 0) is 18.6 Å². The molecule has 6 nitrogen and oxygen atoms in total. The largest absolute Gasteiger partial charge is 0.478 e. The molecule has 0 spiro atoms. The first-order valence-electron chi connectivity index (χ1n) is 6.54. The first-order valence-corrected chi connectivity index (χ1v) is 6.54. The van der Waals surface area contributed by atoms with Gasteiger partial charge in [0.25, 0.3) is 0 Å². The van der Waals surface area contributed by atoms with Crippen molar-refractivity contribution in [2.75, 3.05) is 5.32 Å². The zero-order valence-corrected chi connectivity index (χ0v) is 11.6. The van der Waals surface area contributed by atoms with Crippen molar-refractivity contribution in [2.45, 2.75) is 26.3 Å². The number of hydrogen-bond donors (Lipinski definition) is 2. The van der Waals surface area contributed by atoms with E-state index in [1.54, 1.807) is 23.0 Å². The lowest BCUT2D eigenvalue weighted by Gasteiger charge is -2.08. The van der Waals surface area contributed by atoms with Crippen molar-refractivity contribution in [3.8, 4) is 0 Å². The molecule has 2 aromatic heterocycles. The van der Waals surface area contributed by atoms with E-state index in [2.05, 4.69) is 15.4 Å². The van der Waals surface area contributed by atoms with Crippen molar-refractivity contribution in [3.63, 3.8) is 0 Å². The van der Waals surface area contributed by atoms with Gasteiger partial charge in [-0.2, -0.15) is 5.10 Å². The third-order valence-corrected chi connectivity index (χ3v) is 2.86. The van der Waals surface area contributed by atoms with E-state index in [9.17, 15) is 4.79 Å². The third kappa shape index (κ3) is 3.57. The van der Waals surface area contributed by atoms with Gasteiger partial charge in [0.2, 0.25) is 0 Å². The maximum Gasteiger partial charge on any atom is 0.335 e. The summed E-state index contributed by atoms with van der Waals surface area (Å²) in [5, 5.41) is 16.3. The number of aromatic nitrogens is 3. The number of hydrogen-bond acceptors (Lipinski definition) is 4. The molecule has 0 aliphatic carbocycles. The van der Waals surface area contributed by atoms with Crippen LogP contribution < -0.4 is 5.32 Å². The van der Waals surface area contributed by atoms with E-state index in [-0.39, 0.29) is 5.56 Å². The standard InChI is InChI=1S/C14H18N4O2/c1-3-4-12-5-11(14(19)20)6-13(17-12)15-7-10-8-16-18(2)9-10/h5-6,8-9H,3-4,7H2,1-2H3,(H,15,17)(H,19,20). The molecule has 0 aliphatic rings. The van der Waals surface area contributed by atoms with Crippen molar-refractivity contribution in [1.29, 1.82) is 0 Å². The van der Waals surface area contributed by atoms with E-state index in [1.165, 1.54) is 0 Å². The molecule has 6 heteroatoms. The van der Waals surface area contributed by atoms with E-state index in [4.69, 9.17) is 5.11 Å². The van der Waals surface area contributed by atoms with E-state index in [0.29, 0.717) is 12.4 Å². The predicted molar refractivity (Wildman–Crippen MR) is 75.7 cm³/mol. The van der Waals surface area contributed by atoms with Crippen molar-refractivity contribution >= 4 is 11.8 Å². The van der Waals surface area contributed by atoms with Gasteiger partial charge in [-0.15, -0.1) is 0 Å². The molecule has 2 aromatic rings. The molecule has 2 N–H and O–H groups in total. The average molecular weight is 274 g/mol. The summed E-state index contributed by atoms with van der Waals surface area (Å²) in [5.74, 6) is -0.355. The van der Waals surface area contributed by atoms with Gasteiger partial charge < -0.3 is 10.4 Å². The second-order valence-corrected chi connectivity index (χ2v) is 4.66. The number of carboxylic acid groups (broad SMARTS) is 1. The molecule has 0 fully saturated rings. The number of nitrogens with one attached hydrogen (secondary N) is 1. The van der Waals surface area contributed by atoms with Crippen LogP contribution in [0.1, 0.15) is 35.0 Å². The lowest BCUT2D eigenvalue weighted by molar-refractivity contribution is 0.0696. The molecule has 0 saturated carbocycles. The van der Waals surface area contributed by atoms with Crippen LogP contribution in [0.5, 0.6) is 0 Å². The molecule has 0 radical (unpaired) electrons. The molecule has 2 heterocycles. The minimum absolute atomic E-state index is 0.261. The van der Waals surface area contributed by atoms with Gasteiger partial charge in [0.05, 0.1) is 11.8 Å². The molecule has 0 atom stereocenters. The van der Waals surface area contributed by atoms with Gasteiger partial charge in [0.15, 0.2) is 0 Å². The lowest BCUT2D eigenvalue weighted by atomic mass is 10.1. The molecule has 106 valence electrons. The molecular formula is C14H18N4O2. The van der Waals surface area contributed by atoms with Crippen molar-refractivity contribution in [3.05, 3.63) is 41.3 Å². The fourth-order valence-corrected chi connectivity index (χ4v) is 1.94. The first-order chi connectivity index (χ1) is 9.58. The quantitative estimate of drug-likeness (QED) is 0.843. The minimum Gasteiger partial charge on any atom is -0.478 e. The Morgan fingerprint density at radius 1 is 1.45 bits per heavy atom. The molecule has 0 aromatic carbocycles. The molecular weight excluding hydrogens is 256 g/mol. The highest BCUT2D eigenvalue weighted by Crippen LogP contribution is 2.13. The highest BCUT2D eigenvalue weighted by Gasteiger charge is 2.08. The molecule has 0 bridgehead atoms. The Balaban J connectivity index is 2.15. The molecule has 2 rings (SSSR count). The van der Waals surface area contributed by atoms with Crippen LogP contribution in [0.2, 0.25) is 0 Å². The number of nitrogens with zero attached hydrogens (tertiary/aromatic N) is 3. The number of pyridine rings is 1. The summed E-state index contributed by atoms with van der Waals surface area (Å²) in [6, 6.07) is 3.18. The van der Waals surface area contributed by atoms with Gasteiger partial charge in [-0.1, -0.05) is 13.3 Å². The number of aryl methyl sites for hydroxylation is 2. The average Bonchev–Trinajstić information content (AvgIpc) is 2.82. The van der Waals surface area contributed by atoms with Gasteiger partial charge in [0.1, 0.15) is 5.82 Å². The Kier molecular flexibility index (Phi) is 4.34. The van der Waals surface area contributed by atoms with Crippen LogP contribution in [0.4, 0.5) is 5.82 Å². The van der Waals surface area contributed by atoms with E-state index in [0.717, 1.165) is 24.1 Å². The van der Waals surface area contributed by atoms with E-state index >= 15 is 0 Å². The van der Waals surface area contributed by atoms with Crippen LogP contribution in [0, 0.1) is 0 Å². The van der Waals surface area contributed by atoms with Crippen LogP contribution >= 0.6 is 0 Å². The summed E-state index contributed by atoms with van der Waals surface area (Å²) in [6.07, 6.45) is 5.36. The van der Waals surface area contributed by atoms with Crippen molar-refractivity contribution < 1.29 is 9.90 Å². The Bertz CT molecular complexity index is 607. The molecule has 20 heavy (non-hydrogen) atoms. The summed E-state index contributed by atoms with van der Waals surface area (Å²) < 4.78 is 1.72. The van der Waals surface area contributed by atoms with Crippen molar-refractivity contribution in [1.82, 2.24) is 14.8 Å². The van der Waals surface area contributed by atoms with Crippen LogP contribution in [0.3, 0.4) is 0 Å². The number of carboxylic acids is 1. The highest BCUT2D eigenvalue weighted by molar-refractivity contribution is 5.88. The van der Waals surface area contributed by atoms with Crippen LogP contribution in [0.25, 0.3) is 0 Å². The topological polar surface area (TPSA) is 80.0 Å². The summed E-state index contributed by atoms with van der Waals surface area (Å²) in [5.41, 5.74) is 2.07. The molecule has 0 aliphatic heterocycles. The van der Waals surface area contributed by atoms with Crippen LogP contribution in [-0.4, -0.2) is 25.8 Å². The van der Waals surface area contributed by atoms with Gasteiger partial charge >= 0.3 is 5.97 Å². The van der Waals surface area contributed by atoms with Gasteiger partial charge in [-0.3, -0.25) is 4.68 Å². The Hall–Kier alpha value is -2.37. The number of rotatable bonds is 6. The predicted octanol–water partition coefficient (Wildman–Crippen LogP) is 2.08. The Morgan fingerprint density at radius 3 is 2.85 bits per heavy atom. The van der Waals surface area contributed by atoms with Gasteiger partial charge in [0, 0.05) is 31.0 Å². The zero-order valence-electron chi connectivity index (χ0n) is 11.6. The first kappa shape index (κ1) is 14.0. The zero-order chi connectivity index (χ0) is 14.5. The SMILES string of the molecule is CCCc1cc(C(=O)O)cc(NCc2cnn(C)c2)n1. The number of anilines is 1. The number of aromatic carboxylic acids is 1. The monoisotopic (exact) mass is 274 g/mol. The Labute approximate surface area is 117 Å². The smallest absolute Gasteiger partial charge is 0.335 e. The second kappa shape index (κ2) is 6.18. The molecule has 0 amide bonds. The van der Waals surface area contributed by atoms with Crippen molar-refractivity contribution in [2.24, 2.45) is 7.05 Å². The highest BCUT2D eigenvalue weighted by atomic mass is 16.4. The summed E-state index contributed by atoms with van der Waals surface area (Å²) in [6.45, 7) is 2.60. The fraction of sp³-hybridized carbons (Fsp3) is 0.357. The Morgan fingerprint density at radius 2 is 2.25 bits per heavy atom. The summed E-state index contributed by atoms with van der Waals surface area (Å²) in [7, 11) is 1.85. The third-order valence-electron chi connectivity index (χ3n) is 2.86. The molecule has 0 unspecified atom stereocenters. The fourth-order valence-electron chi connectivity index (χ4n) is 1.94. The normalized spacial score (nSPS) is 10.5. The summed E-state index contributed by atoms with van der Waals surface area (Å²) >= 11 is 0. The van der Waals surface area contributed by atoms with E-state index in [1.807, 2.05) is 20.2 Å². The van der Waals surface area contributed by atoms with Crippen LogP contribution in [-0.2, 0) is 20.0 Å². The van der Waals surface area contributed by atoms with Crippen LogP contribution in [0.15, 0.2) is 24.5 Å². The lowest BCUT2D eigenvalue weighted by Crippen LogP contribution is -2.06. The second-order valence-electron chi connectivity index (χ2n) is 4.66. The maximum absolute atomic E-state index is 11.1. The van der Waals surface area contributed by atoms with E-state index < -0.39 is 5.97 Å². The van der Waals surface area contributed by atoms with Gasteiger partial charge in [-0.25, -0.2) is 9.78 Å². The number of carbonyl (C=O) groups is 1.